The molecular formula is C28H32F4N4O3. The summed E-state index contributed by atoms with van der Waals surface area (Å²) in [6, 6.07) is 9.75. The van der Waals surface area contributed by atoms with E-state index in [1.807, 2.05) is 0 Å². The van der Waals surface area contributed by atoms with Crippen molar-refractivity contribution in [2.24, 2.45) is 5.92 Å². The number of piperidine rings is 1. The van der Waals surface area contributed by atoms with Gasteiger partial charge in [-0.25, -0.2) is 4.39 Å². The lowest BCUT2D eigenvalue weighted by Gasteiger charge is -2.33. The minimum absolute atomic E-state index is 0.0614. The average molecular weight is 549 g/mol. The number of carbonyl (C=O) groups is 3. The van der Waals surface area contributed by atoms with Crippen LogP contribution in [0.5, 0.6) is 0 Å². The lowest BCUT2D eigenvalue weighted by Crippen LogP contribution is -2.43. The number of carbonyl (C=O) groups excluding carboxylic acids is 3. The minimum atomic E-state index is -4.55. The monoisotopic (exact) mass is 548 g/mol. The molecule has 1 atom stereocenters. The van der Waals surface area contributed by atoms with Crippen molar-refractivity contribution in [1.29, 1.82) is 0 Å². The number of alkyl halides is 3. The summed E-state index contributed by atoms with van der Waals surface area (Å²) in [5, 5.41) is 5.26. The maximum absolute atomic E-state index is 13.4. The Labute approximate surface area is 224 Å². The van der Waals surface area contributed by atoms with Crippen molar-refractivity contribution >= 4 is 17.7 Å². The Balaban J connectivity index is 1.13. The molecule has 2 fully saturated rings. The van der Waals surface area contributed by atoms with E-state index in [1.54, 1.807) is 11.0 Å². The molecule has 2 aromatic rings. The third-order valence-corrected chi connectivity index (χ3v) is 7.33. The number of rotatable bonds is 8. The SMILES string of the molecule is O=C(CNC(=O)c1cccc(C(F)(F)F)c1)N[C@@H]1CCN(CCC2CCN(C(=O)c3cccc(F)c3)CC2)C1. The van der Waals surface area contributed by atoms with Crippen LogP contribution < -0.4 is 10.6 Å². The van der Waals surface area contributed by atoms with Gasteiger partial charge in [-0.05, 0) is 74.5 Å². The predicted molar refractivity (Wildman–Crippen MR) is 136 cm³/mol. The summed E-state index contributed by atoms with van der Waals surface area (Å²) in [5.74, 6) is -1.21. The lowest BCUT2D eigenvalue weighted by atomic mass is 9.93. The molecule has 0 aromatic heterocycles. The van der Waals surface area contributed by atoms with Gasteiger partial charge in [0.2, 0.25) is 5.91 Å². The number of amides is 3. The van der Waals surface area contributed by atoms with E-state index in [1.165, 1.54) is 24.3 Å². The van der Waals surface area contributed by atoms with Gasteiger partial charge in [-0.15, -0.1) is 0 Å². The van der Waals surface area contributed by atoms with E-state index in [-0.39, 0.29) is 24.1 Å². The molecule has 2 aliphatic rings. The second-order valence-corrected chi connectivity index (χ2v) is 10.1. The van der Waals surface area contributed by atoms with Crippen LogP contribution in [0.3, 0.4) is 0 Å². The molecule has 0 unspecified atom stereocenters. The van der Waals surface area contributed by atoms with E-state index >= 15 is 0 Å². The first-order valence-electron chi connectivity index (χ1n) is 13.1. The Hall–Kier alpha value is -3.47. The van der Waals surface area contributed by atoms with Gasteiger partial charge in [0.15, 0.2) is 0 Å². The Morgan fingerprint density at radius 3 is 2.36 bits per heavy atom. The van der Waals surface area contributed by atoms with Crippen molar-refractivity contribution in [2.45, 2.75) is 37.9 Å². The number of benzene rings is 2. The van der Waals surface area contributed by atoms with Crippen LogP contribution in [-0.4, -0.2) is 72.8 Å². The molecule has 0 radical (unpaired) electrons. The smallest absolute Gasteiger partial charge is 0.350 e. The molecule has 2 saturated heterocycles. The van der Waals surface area contributed by atoms with Crippen molar-refractivity contribution in [3.05, 3.63) is 71.0 Å². The fourth-order valence-corrected chi connectivity index (χ4v) is 5.13. The zero-order chi connectivity index (χ0) is 28.0. The summed E-state index contributed by atoms with van der Waals surface area (Å²) in [6.07, 6.45) is -1.02. The van der Waals surface area contributed by atoms with Gasteiger partial charge in [0, 0.05) is 43.3 Å². The van der Waals surface area contributed by atoms with Crippen molar-refractivity contribution in [3.63, 3.8) is 0 Å². The van der Waals surface area contributed by atoms with Crippen LogP contribution in [-0.2, 0) is 11.0 Å². The Morgan fingerprint density at radius 2 is 1.64 bits per heavy atom. The minimum Gasteiger partial charge on any atom is -0.350 e. The fourth-order valence-electron chi connectivity index (χ4n) is 5.13. The first-order valence-corrected chi connectivity index (χ1v) is 13.1. The molecule has 2 aliphatic heterocycles. The van der Waals surface area contributed by atoms with Crippen molar-refractivity contribution in [3.8, 4) is 0 Å². The molecule has 0 spiro atoms. The highest BCUT2D eigenvalue weighted by atomic mass is 19.4. The van der Waals surface area contributed by atoms with Crippen LogP contribution in [0, 0.1) is 11.7 Å². The highest BCUT2D eigenvalue weighted by molar-refractivity contribution is 5.96. The van der Waals surface area contributed by atoms with Crippen LogP contribution in [0.15, 0.2) is 48.5 Å². The van der Waals surface area contributed by atoms with Crippen LogP contribution >= 0.6 is 0 Å². The molecule has 2 N–H and O–H groups in total. The molecule has 0 saturated carbocycles. The van der Waals surface area contributed by atoms with E-state index in [0.717, 1.165) is 57.0 Å². The number of halogens is 4. The van der Waals surface area contributed by atoms with Crippen LogP contribution in [0.25, 0.3) is 0 Å². The number of hydrogen-bond acceptors (Lipinski definition) is 4. The molecule has 7 nitrogen and oxygen atoms in total. The van der Waals surface area contributed by atoms with Crippen LogP contribution in [0.2, 0.25) is 0 Å². The van der Waals surface area contributed by atoms with Crippen LogP contribution in [0.4, 0.5) is 17.6 Å². The largest absolute Gasteiger partial charge is 0.416 e. The molecule has 2 aromatic carbocycles. The van der Waals surface area contributed by atoms with Gasteiger partial charge in [-0.2, -0.15) is 13.2 Å². The van der Waals surface area contributed by atoms with Crippen LogP contribution in [0.1, 0.15) is 52.0 Å². The summed E-state index contributed by atoms with van der Waals surface area (Å²) in [7, 11) is 0. The van der Waals surface area contributed by atoms with Crippen molar-refractivity contribution < 1.29 is 31.9 Å². The van der Waals surface area contributed by atoms with E-state index in [9.17, 15) is 31.9 Å². The molecule has 11 heteroatoms. The second kappa shape index (κ2) is 12.6. The zero-order valence-corrected chi connectivity index (χ0v) is 21.5. The molecular weight excluding hydrogens is 516 g/mol. The molecule has 39 heavy (non-hydrogen) atoms. The first kappa shape index (κ1) is 28.5. The number of hydrogen-bond donors (Lipinski definition) is 2. The van der Waals surface area contributed by atoms with E-state index in [0.29, 0.717) is 31.1 Å². The van der Waals surface area contributed by atoms with Gasteiger partial charge < -0.3 is 20.4 Å². The van der Waals surface area contributed by atoms with E-state index in [4.69, 9.17) is 0 Å². The van der Waals surface area contributed by atoms with Gasteiger partial charge in [0.25, 0.3) is 11.8 Å². The first-order chi connectivity index (χ1) is 18.6. The highest BCUT2D eigenvalue weighted by Crippen LogP contribution is 2.29. The highest BCUT2D eigenvalue weighted by Gasteiger charge is 2.31. The molecule has 4 rings (SSSR count). The Morgan fingerprint density at radius 1 is 0.923 bits per heavy atom. The maximum atomic E-state index is 13.4. The number of nitrogens with one attached hydrogen (secondary N) is 2. The summed E-state index contributed by atoms with van der Waals surface area (Å²) in [4.78, 5) is 41.2. The lowest BCUT2D eigenvalue weighted by molar-refractivity contribution is -0.137. The van der Waals surface area contributed by atoms with Crippen molar-refractivity contribution in [1.82, 2.24) is 20.4 Å². The van der Waals surface area contributed by atoms with Gasteiger partial charge in [-0.1, -0.05) is 12.1 Å². The summed E-state index contributed by atoms with van der Waals surface area (Å²) in [5.41, 5.74) is -0.712. The maximum Gasteiger partial charge on any atom is 0.416 e. The second-order valence-electron chi connectivity index (χ2n) is 10.1. The Kier molecular flexibility index (Phi) is 9.21. The normalized spacial score (nSPS) is 18.7. The zero-order valence-electron chi connectivity index (χ0n) is 21.5. The topological polar surface area (TPSA) is 81.8 Å². The standard InChI is InChI=1S/C28H32F4N4O3/c29-23-6-2-4-21(16-23)27(39)36-13-8-19(9-14-36)7-11-35-12-10-24(18-35)34-25(37)17-33-26(38)20-3-1-5-22(15-20)28(30,31)32/h1-6,15-16,19,24H,7-14,17-18H2,(H,33,38)(H,34,37)/t24-/m1/s1. The van der Waals surface area contributed by atoms with E-state index < -0.39 is 29.4 Å². The van der Waals surface area contributed by atoms with Gasteiger partial charge >= 0.3 is 6.18 Å². The Bertz CT molecular complexity index is 1180. The number of likely N-dealkylation sites (tertiary alicyclic amines) is 2. The summed E-state index contributed by atoms with van der Waals surface area (Å²) < 4.78 is 52.0. The third-order valence-electron chi connectivity index (χ3n) is 7.33. The fraction of sp³-hybridized carbons (Fsp3) is 0.464. The van der Waals surface area contributed by atoms with Gasteiger partial charge in [0.05, 0.1) is 12.1 Å². The summed E-state index contributed by atoms with van der Waals surface area (Å²) >= 11 is 0. The molecule has 0 bridgehead atoms. The quantitative estimate of drug-likeness (QED) is 0.493. The number of nitrogens with zero attached hydrogens (tertiary/aromatic N) is 2. The van der Waals surface area contributed by atoms with E-state index in [2.05, 4.69) is 15.5 Å². The molecule has 3 amide bonds. The molecule has 210 valence electrons. The third kappa shape index (κ3) is 8.01. The predicted octanol–water partition coefficient (Wildman–Crippen LogP) is 3.71. The van der Waals surface area contributed by atoms with Gasteiger partial charge in [-0.3, -0.25) is 14.4 Å². The summed E-state index contributed by atoms with van der Waals surface area (Å²) in [6.45, 7) is 3.36. The molecule has 2 heterocycles. The average Bonchev–Trinajstić information content (AvgIpc) is 3.37. The van der Waals surface area contributed by atoms with Crippen molar-refractivity contribution in [2.75, 3.05) is 39.3 Å². The molecule has 0 aliphatic carbocycles. The van der Waals surface area contributed by atoms with Gasteiger partial charge in [0.1, 0.15) is 5.82 Å².